The Morgan fingerprint density at radius 3 is 2.75 bits per heavy atom. The van der Waals surface area contributed by atoms with Crippen LogP contribution in [0.4, 0.5) is 14.6 Å². The molecular weight excluding hydrogens is 188 g/mol. The molecule has 0 heterocycles. The van der Waals surface area contributed by atoms with Gasteiger partial charge in [-0.25, -0.2) is 9.23 Å². The van der Waals surface area contributed by atoms with E-state index in [4.69, 9.17) is 11.6 Å². The predicted octanol–water partition coefficient (Wildman–Crippen LogP) is 2.73. The van der Waals surface area contributed by atoms with Gasteiger partial charge in [0.1, 0.15) is 5.69 Å². The highest BCUT2D eigenvalue weighted by Crippen LogP contribution is 2.25. The van der Waals surface area contributed by atoms with Gasteiger partial charge in [0, 0.05) is 0 Å². The second-order valence-electron chi connectivity index (χ2n) is 2.00. The van der Waals surface area contributed by atoms with Gasteiger partial charge in [-0.3, -0.25) is 0 Å². The standard InChI is InChI=1S/C7H6ClF2NO/c1-12-11(10)6-4-2-3-5(8)7(6)9/h2-4H,1H3. The summed E-state index contributed by atoms with van der Waals surface area (Å²) in [6, 6.07) is 3.96. The Kier molecular flexibility index (Phi) is 2.83. The first-order valence-corrected chi connectivity index (χ1v) is 3.48. The molecular formula is C7H6ClF2NO. The van der Waals surface area contributed by atoms with Gasteiger partial charge in [0.05, 0.1) is 12.1 Å². The van der Waals surface area contributed by atoms with E-state index >= 15 is 0 Å². The summed E-state index contributed by atoms with van der Waals surface area (Å²) < 4.78 is 25.6. The Morgan fingerprint density at radius 1 is 1.50 bits per heavy atom. The Balaban J connectivity index is 3.07. The molecule has 0 aliphatic heterocycles. The summed E-state index contributed by atoms with van der Waals surface area (Å²) in [6.45, 7) is 0. The van der Waals surface area contributed by atoms with Crippen molar-refractivity contribution in [1.29, 1.82) is 0 Å². The summed E-state index contributed by atoms with van der Waals surface area (Å²) in [5, 5.41) is -0.339. The highest BCUT2D eigenvalue weighted by atomic mass is 35.5. The van der Waals surface area contributed by atoms with Crippen LogP contribution in [-0.2, 0) is 4.84 Å². The Bertz CT molecular complexity index is 282. The van der Waals surface area contributed by atoms with Crippen molar-refractivity contribution in [2.24, 2.45) is 0 Å². The molecule has 0 spiro atoms. The molecule has 12 heavy (non-hydrogen) atoms. The van der Waals surface area contributed by atoms with Gasteiger partial charge in [0.15, 0.2) is 5.82 Å². The van der Waals surface area contributed by atoms with Crippen LogP contribution in [0.2, 0.25) is 5.02 Å². The minimum atomic E-state index is -0.844. The SMILES string of the molecule is CON(F)c1cccc(Cl)c1F. The van der Waals surface area contributed by atoms with Gasteiger partial charge in [-0.1, -0.05) is 27.4 Å². The van der Waals surface area contributed by atoms with Crippen LogP contribution < -0.4 is 5.29 Å². The maximum Gasteiger partial charge on any atom is 0.170 e. The van der Waals surface area contributed by atoms with E-state index in [1.807, 2.05) is 0 Å². The summed E-state index contributed by atoms with van der Waals surface area (Å²) in [7, 11) is 1.08. The van der Waals surface area contributed by atoms with Gasteiger partial charge in [-0.15, -0.1) is 0 Å². The first-order valence-electron chi connectivity index (χ1n) is 3.11. The van der Waals surface area contributed by atoms with Gasteiger partial charge in [0.2, 0.25) is 0 Å². The van der Waals surface area contributed by atoms with E-state index in [1.165, 1.54) is 18.2 Å². The Hall–Kier alpha value is -0.870. The van der Waals surface area contributed by atoms with Crippen molar-refractivity contribution >= 4 is 17.3 Å². The van der Waals surface area contributed by atoms with Crippen molar-refractivity contribution < 1.29 is 13.7 Å². The molecule has 1 rings (SSSR count). The third-order valence-electron chi connectivity index (χ3n) is 1.28. The van der Waals surface area contributed by atoms with Crippen LogP contribution >= 0.6 is 11.6 Å². The van der Waals surface area contributed by atoms with Gasteiger partial charge in [-0.2, -0.15) is 0 Å². The van der Waals surface area contributed by atoms with Crippen LogP contribution in [0.3, 0.4) is 0 Å². The van der Waals surface area contributed by atoms with Crippen LogP contribution in [0.25, 0.3) is 0 Å². The van der Waals surface area contributed by atoms with E-state index in [0.717, 1.165) is 7.11 Å². The fourth-order valence-corrected chi connectivity index (χ4v) is 0.896. The van der Waals surface area contributed by atoms with Crippen LogP contribution in [0.5, 0.6) is 0 Å². The average Bonchev–Trinajstić information content (AvgIpc) is 2.08. The topological polar surface area (TPSA) is 12.5 Å². The molecule has 0 N–H and O–H groups in total. The zero-order valence-corrected chi connectivity index (χ0v) is 6.98. The minimum Gasteiger partial charge on any atom is -0.248 e. The fourth-order valence-electron chi connectivity index (χ4n) is 0.727. The van der Waals surface area contributed by atoms with Gasteiger partial charge in [0.25, 0.3) is 0 Å². The molecule has 1 aromatic rings. The second kappa shape index (κ2) is 3.69. The number of benzene rings is 1. The molecule has 5 heteroatoms. The lowest BCUT2D eigenvalue weighted by Crippen LogP contribution is -2.10. The zero-order valence-electron chi connectivity index (χ0n) is 6.22. The molecule has 1 aromatic carbocycles. The van der Waals surface area contributed by atoms with Crippen LogP contribution in [0.15, 0.2) is 18.2 Å². The van der Waals surface area contributed by atoms with Crippen LogP contribution in [-0.4, -0.2) is 7.11 Å². The second-order valence-corrected chi connectivity index (χ2v) is 2.41. The van der Waals surface area contributed by atoms with E-state index < -0.39 is 5.82 Å². The highest BCUT2D eigenvalue weighted by molar-refractivity contribution is 6.31. The summed E-state index contributed by atoms with van der Waals surface area (Å²) >= 11 is 5.39. The smallest absolute Gasteiger partial charge is 0.170 e. The number of rotatable bonds is 2. The van der Waals surface area contributed by atoms with E-state index in [2.05, 4.69) is 4.84 Å². The van der Waals surface area contributed by atoms with Crippen molar-refractivity contribution in [2.45, 2.75) is 0 Å². The lowest BCUT2D eigenvalue weighted by atomic mass is 10.3. The van der Waals surface area contributed by atoms with E-state index in [-0.39, 0.29) is 16.0 Å². The van der Waals surface area contributed by atoms with Crippen molar-refractivity contribution in [2.75, 3.05) is 12.4 Å². The maximum atomic E-state index is 12.9. The minimum absolute atomic E-state index is 0.146. The van der Waals surface area contributed by atoms with Crippen LogP contribution in [0.1, 0.15) is 0 Å². The van der Waals surface area contributed by atoms with Crippen molar-refractivity contribution in [3.8, 4) is 0 Å². The summed E-state index contributed by atoms with van der Waals surface area (Å²) in [5.41, 5.74) is -0.343. The van der Waals surface area contributed by atoms with Crippen molar-refractivity contribution in [3.63, 3.8) is 0 Å². The third-order valence-corrected chi connectivity index (χ3v) is 1.57. The Labute approximate surface area is 73.2 Å². The van der Waals surface area contributed by atoms with Gasteiger partial charge < -0.3 is 0 Å². The molecule has 0 atom stereocenters. The molecule has 0 saturated heterocycles. The molecule has 0 unspecified atom stereocenters. The van der Waals surface area contributed by atoms with Gasteiger partial charge >= 0.3 is 0 Å². The molecule has 0 saturated carbocycles. The number of halogens is 3. The lowest BCUT2D eigenvalue weighted by Gasteiger charge is -2.10. The molecule has 0 radical (unpaired) electrons. The first-order chi connectivity index (χ1) is 5.66. The third kappa shape index (κ3) is 1.65. The quantitative estimate of drug-likeness (QED) is 0.529. The molecule has 0 aliphatic rings. The first kappa shape index (κ1) is 9.22. The van der Waals surface area contributed by atoms with Gasteiger partial charge in [-0.05, 0) is 12.1 Å². The lowest BCUT2D eigenvalue weighted by molar-refractivity contribution is 0.0578. The predicted molar refractivity (Wildman–Crippen MR) is 42.0 cm³/mol. The number of anilines is 1. The summed E-state index contributed by atoms with van der Waals surface area (Å²) in [4.78, 5) is 4.14. The monoisotopic (exact) mass is 193 g/mol. The van der Waals surface area contributed by atoms with E-state index in [9.17, 15) is 8.87 Å². The molecule has 2 nitrogen and oxygen atoms in total. The van der Waals surface area contributed by atoms with E-state index in [0.29, 0.717) is 0 Å². The van der Waals surface area contributed by atoms with Crippen molar-refractivity contribution in [1.82, 2.24) is 0 Å². The van der Waals surface area contributed by atoms with Crippen molar-refractivity contribution in [3.05, 3.63) is 29.0 Å². The molecule has 66 valence electrons. The molecule has 0 fully saturated rings. The number of hydrogen-bond donors (Lipinski definition) is 0. The molecule has 0 aromatic heterocycles. The van der Waals surface area contributed by atoms with Crippen LogP contribution in [0, 0.1) is 5.82 Å². The Morgan fingerprint density at radius 2 is 2.17 bits per heavy atom. The largest absolute Gasteiger partial charge is 0.248 e. The number of hydrogen-bond acceptors (Lipinski definition) is 2. The molecule has 0 amide bonds. The highest BCUT2D eigenvalue weighted by Gasteiger charge is 2.12. The maximum absolute atomic E-state index is 12.9. The summed E-state index contributed by atoms with van der Waals surface area (Å²) in [5.74, 6) is -0.844. The summed E-state index contributed by atoms with van der Waals surface area (Å²) in [6.07, 6.45) is 0. The normalized spacial score (nSPS) is 10.0. The molecule has 0 aliphatic carbocycles. The molecule has 0 bridgehead atoms. The van der Waals surface area contributed by atoms with E-state index in [1.54, 1.807) is 0 Å². The average molecular weight is 194 g/mol. The number of nitrogens with zero attached hydrogens (tertiary/aromatic N) is 1. The fraction of sp³-hybridized carbons (Fsp3) is 0.143. The zero-order chi connectivity index (χ0) is 9.14.